The van der Waals surface area contributed by atoms with Crippen LogP contribution in [0, 0.1) is 5.92 Å². The fourth-order valence-corrected chi connectivity index (χ4v) is 5.08. The number of nitrogens with one attached hydrogen (secondary N) is 1. The molecule has 2 fully saturated rings. The van der Waals surface area contributed by atoms with E-state index < -0.39 is 0 Å². The number of thiazole rings is 1. The van der Waals surface area contributed by atoms with Gasteiger partial charge < -0.3 is 14.7 Å². The molecule has 1 aliphatic carbocycles. The number of carbonyl (C=O) groups is 1. The molecule has 140 valence electrons. The largest absolute Gasteiger partial charge is 0.362 e. The van der Waals surface area contributed by atoms with E-state index in [0.717, 1.165) is 49.2 Å². The molecule has 0 radical (unpaired) electrons. The van der Waals surface area contributed by atoms with Crippen molar-refractivity contribution in [3.05, 3.63) is 22.8 Å². The number of amides is 1. The Morgan fingerprint density at radius 1 is 1.54 bits per heavy atom. The van der Waals surface area contributed by atoms with Crippen molar-refractivity contribution in [1.29, 1.82) is 0 Å². The van der Waals surface area contributed by atoms with Crippen molar-refractivity contribution in [2.24, 2.45) is 5.92 Å². The van der Waals surface area contributed by atoms with Crippen molar-refractivity contribution in [3.63, 3.8) is 0 Å². The van der Waals surface area contributed by atoms with Gasteiger partial charge in [-0.15, -0.1) is 0 Å². The number of hydrogen-bond donors (Lipinski definition) is 1. The highest BCUT2D eigenvalue weighted by Crippen LogP contribution is 2.50. The van der Waals surface area contributed by atoms with Crippen LogP contribution in [0.1, 0.15) is 67.3 Å². The van der Waals surface area contributed by atoms with Crippen molar-refractivity contribution < 1.29 is 9.32 Å². The van der Waals surface area contributed by atoms with Gasteiger partial charge in [-0.1, -0.05) is 36.8 Å². The fraction of sp³-hybridized carbons (Fsp3) is 0.667. The number of hydrogen-bond acceptors (Lipinski definition) is 7. The van der Waals surface area contributed by atoms with Crippen LogP contribution in [0.5, 0.6) is 0 Å². The standard InChI is InChI=1S/C18H25N5O2S/c1-4-19-17-20-8-13(26-17)15(24)23-9-12-6-5-7-18(12,10-23)16-21-14(11(2)3)22-25-16/h8,11-12H,4-7,9-10H2,1-3H3,(H,19,20)/t12-,18-/m1/s1. The minimum absolute atomic E-state index is 0.0593. The second kappa shape index (κ2) is 6.64. The summed E-state index contributed by atoms with van der Waals surface area (Å²) in [6, 6.07) is 0. The number of likely N-dealkylation sites (tertiary alicyclic amines) is 1. The molecule has 0 aromatic carbocycles. The van der Waals surface area contributed by atoms with Crippen LogP contribution in [-0.4, -0.2) is 45.6 Å². The topological polar surface area (TPSA) is 84.2 Å². The first-order valence-corrected chi connectivity index (χ1v) is 10.2. The first-order chi connectivity index (χ1) is 12.5. The minimum Gasteiger partial charge on any atom is -0.362 e. The lowest BCUT2D eigenvalue weighted by molar-refractivity contribution is 0.0779. The summed E-state index contributed by atoms with van der Waals surface area (Å²) in [5.41, 5.74) is -0.176. The molecule has 8 heteroatoms. The monoisotopic (exact) mass is 375 g/mol. The van der Waals surface area contributed by atoms with E-state index in [-0.39, 0.29) is 17.2 Å². The smallest absolute Gasteiger partial charge is 0.265 e. The normalized spacial score (nSPS) is 25.1. The van der Waals surface area contributed by atoms with E-state index in [9.17, 15) is 4.79 Å². The molecule has 1 N–H and O–H groups in total. The highest BCUT2D eigenvalue weighted by Gasteiger charge is 2.55. The molecular formula is C18H25N5O2S. The Hall–Kier alpha value is -1.96. The van der Waals surface area contributed by atoms with Gasteiger partial charge in [-0.25, -0.2) is 4.98 Å². The molecule has 2 aromatic rings. The molecule has 2 aromatic heterocycles. The number of nitrogens with zero attached hydrogens (tertiary/aromatic N) is 4. The Labute approximate surface area is 157 Å². The van der Waals surface area contributed by atoms with Gasteiger partial charge in [-0.3, -0.25) is 4.79 Å². The molecule has 1 amide bonds. The Balaban J connectivity index is 1.56. The predicted molar refractivity (Wildman–Crippen MR) is 99.6 cm³/mol. The van der Waals surface area contributed by atoms with Crippen LogP contribution in [0.15, 0.2) is 10.7 Å². The van der Waals surface area contributed by atoms with E-state index in [1.807, 2.05) is 11.8 Å². The number of anilines is 1. The molecule has 3 heterocycles. The Morgan fingerprint density at radius 2 is 2.38 bits per heavy atom. The molecule has 0 bridgehead atoms. The molecule has 0 unspecified atom stereocenters. The van der Waals surface area contributed by atoms with Gasteiger partial charge in [0, 0.05) is 25.6 Å². The number of rotatable bonds is 5. The van der Waals surface area contributed by atoms with Gasteiger partial charge in [0.1, 0.15) is 4.88 Å². The lowest BCUT2D eigenvalue weighted by Gasteiger charge is -2.24. The molecular weight excluding hydrogens is 350 g/mol. The van der Waals surface area contributed by atoms with E-state index in [4.69, 9.17) is 4.52 Å². The van der Waals surface area contributed by atoms with Crippen molar-refractivity contribution >= 4 is 22.4 Å². The van der Waals surface area contributed by atoms with E-state index in [1.165, 1.54) is 11.3 Å². The van der Waals surface area contributed by atoms with Crippen molar-refractivity contribution in [1.82, 2.24) is 20.0 Å². The summed E-state index contributed by atoms with van der Waals surface area (Å²) in [7, 11) is 0. The van der Waals surface area contributed by atoms with Gasteiger partial charge in [-0.05, 0) is 25.7 Å². The number of carbonyl (C=O) groups excluding carboxylic acids is 1. The van der Waals surface area contributed by atoms with Gasteiger partial charge in [0.2, 0.25) is 5.89 Å². The highest BCUT2D eigenvalue weighted by molar-refractivity contribution is 7.17. The van der Waals surface area contributed by atoms with Gasteiger partial charge in [-0.2, -0.15) is 4.98 Å². The van der Waals surface area contributed by atoms with Crippen LogP contribution in [0.25, 0.3) is 0 Å². The summed E-state index contributed by atoms with van der Waals surface area (Å²) < 4.78 is 5.67. The average Bonchev–Trinajstić information content (AvgIpc) is 3.36. The lowest BCUT2D eigenvalue weighted by atomic mass is 9.80. The van der Waals surface area contributed by atoms with E-state index in [1.54, 1.807) is 6.20 Å². The van der Waals surface area contributed by atoms with Crippen LogP contribution < -0.4 is 5.32 Å². The minimum atomic E-state index is -0.176. The van der Waals surface area contributed by atoms with E-state index in [0.29, 0.717) is 17.3 Å². The van der Waals surface area contributed by atoms with Crippen LogP contribution >= 0.6 is 11.3 Å². The van der Waals surface area contributed by atoms with Crippen LogP contribution in [-0.2, 0) is 5.41 Å². The predicted octanol–water partition coefficient (Wildman–Crippen LogP) is 3.28. The van der Waals surface area contributed by atoms with Crippen molar-refractivity contribution in [2.75, 3.05) is 25.0 Å². The summed E-state index contributed by atoms with van der Waals surface area (Å²) in [5, 5.41) is 8.12. The average molecular weight is 375 g/mol. The number of aromatic nitrogens is 3. The molecule has 1 aliphatic heterocycles. The quantitative estimate of drug-likeness (QED) is 0.863. The first kappa shape index (κ1) is 17.5. The summed E-state index contributed by atoms with van der Waals surface area (Å²) in [6.07, 6.45) is 4.94. The highest BCUT2D eigenvalue weighted by atomic mass is 32.1. The molecule has 4 rings (SSSR count). The molecule has 2 aliphatic rings. The third-order valence-electron chi connectivity index (χ3n) is 5.59. The molecule has 2 atom stereocenters. The Morgan fingerprint density at radius 3 is 3.12 bits per heavy atom. The van der Waals surface area contributed by atoms with Gasteiger partial charge >= 0.3 is 0 Å². The summed E-state index contributed by atoms with van der Waals surface area (Å²) in [5.74, 6) is 2.17. The second-order valence-electron chi connectivity index (χ2n) is 7.60. The third kappa shape index (κ3) is 2.80. The van der Waals surface area contributed by atoms with Crippen LogP contribution in [0.3, 0.4) is 0 Å². The maximum absolute atomic E-state index is 13.0. The van der Waals surface area contributed by atoms with Gasteiger partial charge in [0.15, 0.2) is 11.0 Å². The maximum atomic E-state index is 13.0. The van der Waals surface area contributed by atoms with E-state index >= 15 is 0 Å². The zero-order valence-corrected chi connectivity index (χ0v) is 16.3. The maximum Gasteiger partial charge on any atom is 0.265 e. The molecule has 1 saturated heterocycles. The zero-order chi connectivity index (χ0) is 18.3. The molecule has 0 spiro atoms. The van der Waals surface area contributed by atoms with Crippen molar-refractivity contribution in [2.45, 2.75) is 51.4 Å². The summed E-state index contributed by atoms with van der Waals surface area (Å²) >= 11 is 1.42. The van der Waals surface area contributed by atoms with Crippen molar-refractivity contribution in [3.8, 4) is 0 Å². The first-order valence-electron chi connectivity index (χ1n) is 9.36. The molecule has 1 saturated carbocycles. The lowest BCUT2D eigenvalue weighted by Crippen LogP contribution is -2.34. The Kier molecular flexibility index (Phi) is 4.46. The zero-order valence-electron chi connectivity index (χ0n) is 15.5. The van der Waals surface area contributed by atoms with Crippen LogP contribution in [0.4, 0.5) is 5.13 Å². The number of fused-ring (bicyclic) bond motifs is 1. The molecule has 26 heavy (non-hydrogen) atoms. The van der Waals surface area contributed by atoms with E-state index in [2.05, 4.69) is 34.3 Å². The summed E-state index contributed by atoms with van der Waals surface area (Å²) in [4.78, 5) is 24.6. The van der Waals surface area contributed by atoms with Gasteiger partial charge in [0.25, 0.3) is 5.91 Å². The fourth-order valence-electron chi connectivity index (χ4n) is 4.23. The Bertz CT molecular complexity index is 801. The molecule has 7 nitrogen and oxygen atoms in total. The van der Waals surface area contributed by atoms with Crippen LogP contribution in [0.2, 0.25) is 0 Å². The second-order valence-corrected chi connectivity index (χ2v) is 8.63. The van der Waals surface area contributed by atoms with Gasteiger partial charge in [0.05, 0.1) is 11.6 Å². The summed E-state index contributed by atoms with van der Waals surface area (Å²) in [6.45, 7) is 8.36. The third-order valence-corrected chi connectivity index (χ3v) is 6.53. The SMILES string of the molecule is CCNc1ncc(C(=O)N2C[C@H]3CCC[C@@]3(c3nc(C(C)C)no3)C2)s1.